The molecule has 1 aliphatic rings. The molecule has 41 heavy (non-hydrogen) atoms. The van der Waals surface area contributed by atoms with Crippen LogP contribution in [0.1, 0.15) is 18.1 Å². The number of hydrogen-bond acceptors (Lipinski definition) is 15. The lowest BCUT2D eigenvalue weighted by atomic mass is 10.1. The Morgan fingerprint density at radius 3 is 2.10 bits per heavy atom. The van der Waals surface area contributed by atoms with Gasteiger partial charge in [-0.05, 0) is 53.9 Å². The van der Waals surface area contributed by atoms with E-state index >= 15 is 0 Å². The van der Waals surface area contributed by atoms with Crippen LogP contribution >= 0.6 is 23.2 Å². The topological polar surface area (TPSA) is 263 Å². The molecule has 2 aromatic carbocycles. The quantitative estimate of drug-likeness (QED) is 0.0929. The number of aromatic nitrogens is 3. The average molecular weight is 642 g/mol. The molecule has 1 aliphatic heterocycles. The minimum atomic E-state index is -5.02. The number of alkyl halides is 1. The molecular formula is C21H19Cl2N10O6S2-. The number of nitrogens with zero attached hydrogens (tertiary/aromatic N) is 5. The molecule has 20 heteroatoms. The summed E-state index contributed by atoms with van der Waals surface area (Å²) in [4.78, 5) is 18.0. The van der Waals surface area contributed by atoms with Gasteiger partial charge in [-0.25, -0.2) is 18.4 Å². The Morgan fingerprint density at radius 2 is 1.54 bits per heavy atom. The minimum Gasteiger partial charge on any atom is -0.744 e. The second-order valence-corrected chi connectivity index (χ2v) is 12.1. The summed E-state index contributed by atoms with van der Waals surface area (Å²) in [5.74, 6) is -0.286. The SMILES string of the molecule is CC1(Cl)N=C(N)NC(Nc2ccc(/C=C/c3ccc(Nc4nc(N)nc(Cl)n4)cc3S(=O)(=O)[O-])c(S(=O)(=O)O)c2)=N1. The molecule has 1 aromatic heterocycles. The van der Waals surface area contributed by atoms with Gasteiger partial charge in [0.25, 0.3) is 10.1 Å². The third kappa shape index (κ3) is 7.78. The van der Waals surface area contributed by atoms with Crippen LogP contribution in [-0.2, 0) is 20.2 Å². The lowest BCUT2D eigenvalue weighted by Crippen LogP contribution is -2.46. The molecule has 0 saturated carbocycles. The van der Waals surface area contributed by atoms with Gasteiger partial charge in [0.1, 0.15) is 15.0 Å². The number of hydrogen-bond donors (Lipinski definition) is 6. The van der Waals surface area contributed by atoms with Crippen molar-refractivity contribution in [1.82, 2.24) is 20.3 Å². The highest BCUT2D eigenvalue weighted by atomic mass is 35.5. The standard InChI is InChI=1S/C21H20Cl2N10O6S2/c1-21(23)32-18(25)31-20(33-21)27-13-7-5-11(15(9-13)41(37,38)39)3-2-10-4-6-12(8-14(10)40(34,35)36)26-19-29-16(22)28-17(24)30-19/h2-9H,1H3,(H,34,35,36)(H,37,38,39)(H3,24,26,28,29,30)(H4,25,27,31,32,33)/p-1/b3-2+. The first-order valence-corrected chi connectivity index (χ1v) is 14.6. The van der Waals surface area contributed by atoms with Gasteiger partial charge in [0.05, 0.1) is 4.90 Å². The highest BCUT2D eigenvalue weighted by molar-refractivity contribution is 7.86. The van der Waals surface area contributed by atoms with E-state index in [-0.39, 0.29) is 51.6 Å². The van der Waals surface area contributed by atoms with Crippen LogP contribution < -0.4 is 27.4 Å². The number of nitrogens with two attached hydrogens (primary N) is 2. The van der Waals surface area contributed by atoms with E-state index in [0.29, 0.717) is 0 Å². The van der Waals surface area contributed by atoms with Crippen LogP contribution in [0.3, 0.4) is 0 Å². The monoisotopic (exact) mass is 641 g/mol. The largest absolute Gasteiger partial charge is 0.744 e. The normalized spacial score (nSPS) is 17.5. The van der Waals surface area contributed by atoms with Crippen molar-refractivity contribution < 1.29 is 25.9 Å². The number of nitrogens with one attached hydrogen (secondary N) is 3. The molecule has 2 heterocycles. The van der Waals surface area contributed by atoms with Gasteiger partial charge in [0, 0.05) is 11.4 Å². The molecule has 3 aromatic rings. The zero-order valence-corrected chi connectivity index (χ0v) is 23.7. The second-order valence-electron chi connectivity index (χ2n) is 8.29. The Labute approximate surface area is 243 Å². The van der Waals surface area contributed by atoms with Gasteiger partial charge in [-0.15, -0.1) is 0 Å². The van der Waals surface area contributed by atoms with Crippen LogP contribution in [0.25, 0.3) is 12.2 Å². The van der Waals surface area contributed by atoms with Crippen molar-refractivity contribution in [2.45, 2.75) is 21.8 Å². The molecule has 4 rings (SSSR count). The Balaban J connectivity index is 1.67. The van der Waals surface area contributed by atoms with E-state index in [2.05, 4.69) is 40.9 Å². The van der Waals surface area contributed by atoms with E-state index in [4.69, 9.17) is 34.7 Å². The van der Waals surface area contributed by atoms with Crippen LogP contribution in [0.2, 0.25) is 5.28 Å². The molecule has 16 nitrogen and oxygen atoms in total. The van der Waals surface area contributed by atoms with E-state index in [9.17, 15) is 25.9 Å². The summed E-state index contributed by atoms with van der Waals surface area (Å²) >= 11 is 11.8. The van der Waals surface area contributed by atoms with Gasteiger partial charge in [0.2, 0.25) is 28.3 Å². The number of guanidine groups is 2. The first kappa shape index (κ1) is 29.9. The van der Waals surface area contributed by atoms with Crippen molar-refractivity contribution in [2.24, 2.45) is 15.7 Å². The molecule has 0 radical (unpaired) electrons. The molecule has 0 spiro atoms. The highest BCUT2D eigenvalue weighted by Crippen LogP contribution is 2.28. The van der Waals surface area contributed by atoms with Crippen molar-refractivity contribution in [3.05, 3.63) is 52.8 Å². The maximum absolute atomic E-state index is 12.2. The molecule has 0 amide bonds. The summed E-state index contributed by atoms with van der Waals surface area (Å²) in [7, 11) is -9.80. The van der Waals surface area contributed by atoms with Gasteiger partial charge in [-0.3, -0.25) is 9.87 Å². The summed E-state index contributed by atoms with van der Waals surface area (Å²) in [6.07, 6.45) is 2.39. The van der Waals surface area contributed by atoms with Crippen molar-refractivity contribution in [1.29, 1.82) is 0 Å². The summed E-state index contributed by atoms with van der Waals surface area (Å²) < 4.78 is 70.2. The Bertz CT molecular complexity index is 1830. The number of halogens is 2. The summed E-state index contributed by atoms with van der Waals surface area (Å²) in [5.41, 5.74) is 11.3. The first-order chi connectivity index (χ1) is 19.0. The third-order valence-electron chi connectivity index (χ3n) is 5.05. The van der Waals surface area contributed by atoms with Crippen LogP contribution in [0.5, 0.6) is 0 Å². The maximum atomic E-state index is 12.2. The first-order valence-electron chi connectivity index (χ1n) is 11.0. The predicted molar refractivity (Wildman–Crippen MR) is 152 cm³/mol. The van der Waals surface area contributed by atoms with E-state index in [1.54, 1.807) is 0 Å². The van der Waals surface area contributed by atoms with E-state index in [1.807, 2.05) is 0 Å². The highest BCUT2D eigenvalue weighted by Gasteiger charge is 2.25. The maximum Gasteiger partial charge on any atom is 0.295 e. The van der Waals surface area contributed by atoms with Crippen LogP contribution in [0, 0.1) is 0 Å². The Hall–Kier alpha value is -4.07. The zero-order valence-electron chi connectivity index (χ0n) is 20.6. The molecule has 1 unspecified atom stereocenters. The van der Waals surface area contributed by atoms with Gasteiger partial charge >= 0.3 is 0 Å². The molecule has 1 atom stereocenters. The van der Waals surface area contributed by atoms with Crippen LogP contribution in [0.4, 0.5) is 23.3 Å². The Morgan fingerprint density at radius 1 is 0.951 bits per heavy atom. The molecule has 0 bridgehead atoms. The molecule has 216 valence electrons. The second kappa shape index (κ2) is 11.1. The van der Waals surface area contributed by atoms with Crippen LogP contribution in [0.15, 0.2) is 56.2 Å². The minimum absolute atomic E-state index is 0.0356. The van der Waals surface area contributed by atoms with E-state index in [1.165, 1.54) is 43.3 Å². The fourth-order valence-electron chi connectivity index (χ4n) is 3.49. The number of nitrogen functional groups attached to an aromatic ring is 1. The number of benzene rings is 2. The van der Waals surface area contributed by atoms with E-state index < -0.39 is 35.1 Å². The van der Waals surface area contributed by atoms with E-state index in [0.717, 1.165) is 12.1 Å². The molecule has 0 aliphatic carbocycles. The third-order valence-corrected chi connectivity index (χ3v) is 7.19. The average Bonchev–Trinajstić information content (AvgIpc) is 2.80. The summed E-state index contributed by atoms with van der Waals surface area (Å²) in [6, 6.07) is 7.55. The zero-order chi connectivity index (χ0) is 30.2. The smallest absolute Gasteiger partial charge is 0.295 e. The lowest BCUT2D eigenvalue weighted by Gasteiger charge is -2.22. The van der Waals surface area contributed by atoms with Gasteiger partial charge in [-0.1, -0.05) is 35.9 Å². The Kier molecular flexibility index (Phi) is 8.07. The fourth-order valence-corrected chi connectivity index (χ4v) is 5.24. The van der Waals surface area contributed by atoms with Crippen molar-refractivity contribution in [2.75, 3.05) is 16.4 Å². The van der Waals surface area contributed by atoms with Gasteiger partial charge in [0.15, 0.2) is 5.96 Å². The summed E-state index contributed by atoms with van der Waals surface area (Å²) in [6.45, 7) is 1.47. The van der Waals surface area contributed by atoms with Crippen molar-refractivity contribution >= 4 is 90.8 Å². The number of rotatable bonds is 7. The van der Waals surface area contributed by atoms with Gasteiger partial charge < -0.3 is 26.7 Å². The molecular weight excluding hydrogens is 623 g/mol. The molecule has 0 saturated heterocycles. The molecule has 8 N–H and O–H groups in total. The van der Waals surface area contributed by atoms with Crippen molar-refractivity contribution in [3.63, 3.8) is 0 Å². The summed E-state index contributed by atoms with van der Waals surface area (Å²) in [5, 5.41) is 6.45. The van der Waals surface area contributed by atoms with Crippen LogP contribution in [-0.4, -0.2) is 57.9 Å². The lowest BCUT2D eigenvalue weighted by molar-refractivity contribution is 0.462. The molecule has 0 fully saturated rings. The van der Waals surface area contributed by atoms with Crippen molar-refractivity contribution in [3.8, 4) is 0 Å². The fraction of sp³-hybridized carbons (Fsp3) is 0.0952. The number of aliphatic imine (C=N–C) groups is 2. The number of anilines is 4. The van der Waals surface area contributed by atoms with Gasteiger partial charge in [-0.2, -0.15) is 23.4 Å². The predicted octanol–water partition coefficient (Wildman–Crippen LogP) is 1.77.